The van der Waals surface area contributed by atoms with E-state index in [0.29, 0.717) is 6.04 Å². The normalized spacial score (nSPS) is 23.7. The van der Waals surface area contributed by atoms with E-state index in [-0.39, 0.29) is 0 Å². The lowest BCUT2D eigenvalue weighted by Gasteiger charge is -2.32. The summed E-state index contributed by atoms with van der Waals surface area (Å²) in [7, 11) is 1.74. The van der Waals surface area contributed by atoms with Gasteiger partial charge >= 0.3 is 0 Å². The highest BCUT2D eigenvalue weighted by atomic mass is 16.5. The van der Waals surface area contributed by atoms with Crippen LogP contribution in [0.2, 0.25) is 0 Å². The molecule has 1 aliphatic rings. The first-order valence-electron chi connectivity index (χ1n) is 7.15. The van der Waals surface area contributed by atoms with E-state index in [1.54, 1.807) is 7.11 Å². The van der Waals surface area contributed by atoms with Gasteiger partial charge in [-0.2, -0.15) is 0 Å². The number of hydrogen-bond acceptors (Lipinski definition) is 2. The maximum Gasteiger partial charge on any atom is 0.141 e. The minimum absolute atomic E-state index is 0.611. The molecule has 0 saturated heterocycles. The van der Waals surface area contributed by atoms with Crippen molar-refractivity contribution < 1.29 is 4.74 Å². The van der Waals surface area contributed by atoms with Crippen LogP contribution >= 0.6 is 0 Å². The number of ether oxygens (including phenoxy) is 1. The number of aryl methyl sites for hydroxylation is 1. The van der Waals surface area contributed by atoms with Gasteiger partial charge in [0.1, 0.15) is 5.75 Å². The van der Waals surface area contributed by atoms with Crippen molar-refractivity contribution in [3.63, 3.8) is 0 Å². The van der Waals surface area contributed by atoms with E-state index in [1.165, 1.54) is 37.7 Å². The maximum atomic E-state index is 5.45. The fraction of sp³-hybridized carbons (Fsp3) is 0.625. The van der Waals surface area contributed by atoms with Gasteiger partial charge in [-0.05, 0) is 43.4 Å². The highest BCUT2D eigenvalue weighted by Gasteiger charge is 2.24. The molecule has 100 valence electrons. The van der Waals surface area contributed by atoms with Gasteiger partial charge in [-0.15, -0.1) is 0 Å². The minimum atomic E-state index is 0.611. The topological polar surface area (TPSA) is 21.3 Å². The Balaban J connectivity index is 2.14. The van der Waals surface area contributed by atoms with Crippen molar-refractivity contribution in [3.05, 3.63) is 23.8 Å². The third-order valence-corrected chi connectivity index (χ3v) is 4.13. The van der Waals surface area contributed by atoms with Gasteiger partial charge in [-0.1, -0.05) is 32.3 Å². The molecule has 2 rings (SSSR count). The summed E-state index contributed by atoms with van der Waals surface area (Å²) in [6, 6.07) is 6.96. The van der Waals surface area contributed by atoms with E-state index in [4.69, 9.17) is 4.74 Å². The SMILES string of the molecule is CCC1CCCCC1Nc1cc(C)ccc1OC. The van der Waals surface area contributed by atoms with Crippen LogP contribution < -0.4 is 10.1 Å². The fourth-order valence-corrected chi connectivity index (χ4v) is 3.02. The summed E-state index contributed by atoms with van der Waals surface area (Å²) in [6.07, 6.45) is 6.66. The van der Waals surface area contributed by atoms with E-state index >= 15 is 0 Å². The van der Waals surface area contributed by atoms with Crippen molar-refractivity contribution in [2.75, 3.05) is 12.4 Å². The molecule has 2 atom stereocenters. The van der Waals surface area contributed by atoms with Crippen molar-refractivity contribution in [1.82, 2.24) is 0 Å². The Morgan fingerprint density at radius 3 is 2.78 bits per heavy atom. The number of anilines is 1. The maximum absolute atomic E-state index is 5.45. The van der Waals surface area contributed by atoms with Crippen LogP contribution in [0.25, 0.3) is 0 Å². The van der Waals surface area contributed by atoms with E-state index < -0.39 is 0 Å². The van der Waals surface area contributed by atoms with E-state index in [2.05, 4.69) is 37.4 Å². The van der Waals surface area contributed by atoms with E-state index in [9.17, 15) is 0 Å². The van der Waals surface area contributed by atoms with Crippen molar-refractivity contribution >= 4 is 5.69 Å². The predicted octanol–water partition coefficient (Wildman–Crippen LogP) is 4.38. The van der Waals surface area contributed by atoms with Gasteiger partial charge in [-0.25, -0.2) is 0 Å². The Labute approximate surface area is 111 Å². The summed E-state index contributed by atoms with van der Waals surface area (Å²) < 4.78 is 5.45. The molecule has 1 saturated carbocycles. The highest BCUT2D eigenvalue weighted by molar-refractivity contribution is 5.58. The van der Waals surface area contributed by atoms with Crippen molar-refractivity contribution in [3.8, 4) is 5.75 Å². The third-order valence-electron chi connectivity index (χ3n) is 4.13. The Morgan fingerprint density at radius 1 is 1.28 bits per heavy atom. The first-order chi connectivity index (χ1) is 8.74. The van der Waals surface area contributed by atoms with Crippen LogP contribution in [0, 0.1) is 12.8 Å². The zero-order valence-electron chi connectivity index (χ0n) is 11.8. The highest BCUT2D eigenvalue weighted by Crippen LogP contribution is 2.33. The lowest BCUT2D eigenvalue weighted by molar-refractivity contribution is 0.316. The lowest BCUT2D eigenvalue weighted by atomic mass is 9.83. The molecule has 0 radical (unpaired) electrons. The summed E-state index contributed by atoms with van der Waals surface area (Å²) >= 11 is 0. The first-order valence-corrected chi connectivity index (χ1v) is 7.15. The Bertz CT molecular complexity index is 389. The molecule has 2 unspecified atom stereocenters. The Kier molecular flexibility index (Phi) is 4.51. The quantitative estimate of drug-likeness (QED) is 0.852. The van der Waals surface area contributed by atoms with Gasteiger partial charge in [0, 0.05) is 6.04 Å². The standard InChI is InChI=1S/C16H25NO/c1-4-13-7-5-6-8-14(13)17-15-11-12(2)9-10-16(15)18-3/h9-11,13-14,17H,4-8H2,1-3H3. The van der Waals surface area contributed by atoms with Gasteiger partial charge < -0.3 is 10.1 Å². The fourth-order valence-electron chi connectivity index (χ4n) is 3.02. The molecule has 1 N–H and O–H groups in total. The molecule has 18 heavy (non-hydrogen) atoms. The van der Waals surface area contributed by atoms with Gasteiger partial charge in [0.25, 0.3) is 0 Å². The number of nitrogens with one attached hydrogen (secondary N) is 1. The van der Waals surface area contributed by atoms with Crippen LogP contribution in [0.1, 0.15) is 44.6 Å². The van der Waals surface area contributed by atoms with Gasteiger partial charge in [-0.3, -0.25) is 0 Å². The molecule has 2 nitrogen and oxygen atoms in total. The van der Waals surface area contributed by atoms with Crippen molar-refractivity contribution in [2.24, 2.45) is 5.92 Å². The van der Waals surface area contributed by atoms with E-state index in [1.807, 2.05) is 0 Å². The number of hydrogen-bond donors (Lipinski definition) is 1. The average Bonchev–Trinajstić information content (AvgIpc) is 2.40. The van der Waals surface area contributed by atoms with Crippen LogP contribution in [0.5, 0.6) is 5.75 Å². The first kappa shape index (κ1) is 13.3. The van der Waals surface area contributed by atoms with Crippen LogP contribution in [-0.4, -0.2) is 13.2 Å². The summed E-state index contributed by atoms with van der Waals surface area (Å²) in [5, 5.41) is 3.72. The van der Waals surface area contributed by atoms with Gasteiger partial charge in [0.05, 0.1) is 12.8 Å². The lowest BCUT2D eigenvalue weighted by Crippen LogP contribution is -2.31. The number of methoxy groups -OCH3 is 1. The zero-order chi connectivity index (χ0) is 13.0. The molecule has 0 aromatic heterocycles. The number of rotatable bonds is 4. The summed E-state index contributed by atoms with van der Waals surface area (Å²) in [6.45, 7) is 4.43. The van der Waals surface area contributed by atoms with Crippen molar-refractivity contribution in [2.45, 2.75) is 52.0 Å². The molecule has 0 spiro atoms. The summed E-state index contributed by atoms with van der Waals surface area (Å²) in [5.74, 6) is 1.77. The molecule has 1 aliphatic carbocycles. The Hall–Kier alpha value is -1.18. The van der Waals surface area contributed by atoms with Crippen molar-refractivity contribution in [1.29, 1.82) is 0 Å². The molecule has 1 aromatic rings. The molecule has 1 fully saturated rings. The molecule has 0 heterocycles. The largest absolute Gasteiger partial charge is 0.495 e. The molecule has 2 heteroatoms. The van der Waals surface area contributed by atoms with Crippen LogP contribution in [0.3, 0.4) is 0 Å². The third kappa shape index (κ3) is 2.98. The molecule has 0 amide bonds. The molecule has 0 aliphatic heterocycles. The summed E-state index contributed by atoms with van der Waals surface area (Å²) in [4.78, 5) is 0. The van der Waals surface area contributed by atoms with Crippen LogP contribution in [0.15, 0.2) is 18.2 Å². The second-order valence-corrected chi connectivity index (χ2v) is 5.41. The molecular weight excluding hydrogens is 222 g/mol. The number of benzene rings is 1. The minimum Gasteiger partial charge on any atom is -0.495 e. The zero-order valence-corrected chi connectivity index (χ0v) is 11.8. The van der Waals surface area contributed by atoms with Crippen LogP contribution in [0.4, 0.5) is 5.69 Å². The monoisotopic (exact) mass is 247 g/mol. The van der Waals surface area contributed by atoms with Crippen LogP contribution in [-0.2, 0) is 0 Å². The smallest absolute Gasteiger partial charge is 0.141 e. The molecule has 0 bridgehead atoms. The average molecular weight is 247 g/mol. The molecule has 1 aromatic carbocycles. The predicted molar refractivity (Wildman–Crippen MR) is 77.4 cm³/mol. The summed E-state index contributed by atoms with van der Waals surface area (Å²) in [5.41, 5.74) is 2.44. The second kappa shape index (κ2) is 6.12. The molecular formula is C16H25NO. The van der Waals surface area contributed by atoms with E-state index in [0.717, 1.165) is 17.4 Å². The Morgan fingerprint density at radius 2 is 2.06 bits per heavy atom. The second-order valence-electron chi connectivity index (χ2n) is 5.41. The van der Waals surface area contributed by atoms with Gasteiger partial charge in [0.15, 0.2) is 0 Å². The van der Waals surface area contributed by atoms with Gasteiger partial charge in [0.2, 0.25) is 0 Å².